The molecule has 0 spiro atoms. The number of hydrogen-bond acceptors (Lipinski definition) is 6. The van der Waals surface area contributed by atoms with Gasteiger partial charge in [-0.1, -0.05) is 5.16 Å². The van der Waals surface area contributed by atoms with E-state index in [9.17, 15) is 5.26 Å². The predicted molar refractivity (Wildman–Crippen MR) is 124 cm³/mol. The van der Waals surface area contributed by atoms with Gasteiger partial charge in [0.15, 0.2) is 5.58 Å². The van der Waals surface area contributed by atoms with E-state index in [1.165, 1.54) is 25.7 Å². The van der Waals surface area contributed by atoms with Crippen LogP contribution in [-0.4, -0.2) is 55.3 Å². The van der Waals surface area contributed by atoms with Crippen molar-refractivity contribution >= 4 is 11.0 Å². The zero-order chi connectivity index (χ0) is 22.1. The Kier molecular flexibility index (Phi) is 6.14. The van der Waals surface area contributed by atoms with E-state index in [1.807, 2.05) is 0 Å². The van der Waals surface area contributed by atoms with Crippen molar-refractivity contribution in [3.8, 4) is 11.8 Å². The van der Waals surface area contributed by atoms with E-state index in [4.69, 9.17) is 9.26 Å². The maximum Gasteiger partial charge on any atom is 0.175 e. The molecule has 32 heavy (non-hydrogen) atoms. The van der Waals surface area contributed by atoms with Gasteiger partial charge in [-0.3, -0.25) is 0 Å². The van der Waals surface area contributed by atoms with Crippen LogP contribution in [-0.2, 0) is 13.0 Å². The molecule has 6 nitrogen and oxygen atoms in total. The summed E-state index contributed by atoms with van der Waals surface area (Å²) in [6.45, 7) is 4.82. The van der Waals surface area contributed by atoms with Crippen LogP contribution in [0.2, 0.25) is 0 Å². The van der Waals surface area contributed by atoms with Crippen LogP contribution >= 0.6 is 0 Å². The number of hydrogen-bond donors (Lipinski definition) is 0. The molecule has 1 aliphatic heterocycles. The van der Waals surface area contributed by atoms with Crippen LogP contribution in [0.25, 0.3) is 11.0 Å². The molecule has 0 bridgehead atoms. The second kappa shape index (κ2) is 9.03. The fraction of sp³-hybridized carbons (Fsp3) is 0.692. The van der Waals surface area contributed by atoms with Gasteiger partial charge in [0.2, 0.25) is 0 Å². The second-order valence-electron chi connectivity index (χ2n) is 10.7. The Morgan fingerprint density at radius 2 is 1.97 bits per heavy atom. The highest BCUT2D eigenvalue weighted by molar-refractivity contribution is 5.84. The molecule has 0 atom stereocenters. The number of aromatic nitrogens is 1. The molecule has 0 radical (unpaired) electrons. The summed E-state index contributed by atoms with van der Waals surface area (Å²) in [6.07, 6.45) is 9.32. The Hall–Kier alpha value is -2.10. The highest BCUT2D eigenvalue weighted by Crippen LogP contribution is 2.46. The van der Waals surface area contributed by atoms with E-state index in [2.05, 4.69) is 47.3 Å². The first-order valence-corrected chi connectivity index (χ1v) is 12.4. The van der Waals surface area contributed by atoms with Crippen LogP contribution in [0.15, 0.2) is 16.7 Å². The van der Waals surface area contributed by atoms with Gasteiger partial charge in [-0.15, -0.1) is 0 Å². The summed E-state index contributed by atoms with van der Waals surface area (Å²) in [5.41, 5.74) is 3.07. The number of nitriles is 1. The molecule has 172 valence electrons. The maximum absolute atomic E-state index is 9.35. The Labute approximate surface area is 191 Å². The highest BCUT2D eigenvalue weighted by atomic mass is 16.5. The average Bonchev–Trinajstić information content (AvgIpc) is 3.72. The second-order valence-corrected chi connectivity index (χ2v) is 10.7. The summed E-state index contributed by atoms with van der Waals surface area (Å²) >= 11 is 0. The SMILES string of the molecule is CN(C)Cc1c(OCC2CC2)ccc2c(CCC3CCN(CC4(C#N)CC4)CC3)noc12. The van der Waals surface area contributed by atoms with Gasteiger partial charge in [-0.05, 0) is 103 Å². The predicted octanol–water partition coefficient (Wildman–Crippen LogP) is 4.63. The topological polar surface area (TPSA) is 65.5 Å². The first kappa shape index (κ1) is 21.7. The number of fused-ring (bicyclic) bond motifs is 1. The molecule has 0 N–H and O–H groups in total. The van der Waals surface area contributed by atoms with E-state index >= 15 is 0 Å². The van der Waals surface area contributed by atoms with Crippen LogP contribution in [0.1, 0.15) is 56.2 Å². The van der Waals surface area contributed by atoms with Gasteiger partial charge in [0.05, 0.1) is 29.3 Å². The molecular weight excluding hydrogens is 400 g/mol. The molecule has 5 rings (SSSR count). The van der Waals surface area contributed by atoms with Crippen molar-refractivity contribution in [3.05, 3.63) is 23.4 Å². The molecule has 1 saturated heterocycles. The maximum atomic E-state index is 9.35. The zero-order valence-corrected chi connectivity index (χ0v) is 19.6. The highest BCUT2D eigenvalue weighted by Gasteiger charge is 2.44. The Bertz CT molecular complexity index is 976. The van der Waals surface area contributed by atoms with E-state index in [1.54, 1.807) is 0 Å². The number of piperidine rings is 1. The first-order valence-electron chi connectivity index (χ1n) is 12.4. The third-order valence-corrected chi connectivity index (χ3v) is 7.53. The van der Waals surface area contributed by atoms with Crippen LogP contribution in [0, 0.1) is 28.6 Å². The summed E-state index contributed by atoms with van der Waals surface area (Å²) in [4.78, 5) is 4.67. The smallest absolute Gasteiger partial charge is 0.175 e. The van der Waals surface area contributed by atoms with Gasteiger partial charge in [-0.25, -0.2) is 0 Å². The van der Waals surface area contributed by atoms with Crippen LogP contribution in [0.5, 0.6) is 5.75 Å². The van der Waals surface area contributed by atoms with Gasteiger partial charge in [0.1, 0.15) is 5.75 Å². The van der Waals surface area contributed by atoms with Crippen molar-refractivity contribution in [3.63, 3.8) is 0 Å². The Balaban J connectivity index is 1.20. The van der Waals surface area contributed by atoms with E-state index < -0.39 is 0 Å². The fourth-order valence-electron chi connectivity index (χ4n) is 5.02. The van der Waals surface area contributed by atoms with Gasteiger partial charge in [0.25, 0.3) is 0 Å². The van der Waals surface area contributed by atoms with Crippen LogP contribution in [0.4, 0.5) is 0 Å². The fourth-order valence-corrected chi connectivity index (χ4v) is 5.02. The van der Waals surface area contributed by atoms with Gasteiger partial charge >= 0.3 is 0 Å². The van der Waals surface area contributed by atoms with Crippen molar-refractivity contribution in [1.29, 1.82) is 5.26 Å². The molecule has 1 aromatic heterocycles. The quantitative estimate of drug-likeness (QED) is 0.541. The van der Waals surface area contributed by atoms with Gasteiger partial charge in [0, 0.05) is 18.5 Å². The minimum Gasteiger partial charge on any atom is -0.493 e. The monoisotopic (exact) mass is 436 g/mol. The molecular formula is C26H36N4O2. The van der Waals surface area contributed by atoms with E-state index in [0.717, 1.165) is 98.3 Å². The third kappa shape index (κ3) is 4.94. The molecule has 6 heteroatoms. The summed E-state index contributed by atoms with van der Waals surface area (Å²) in [6, 6.07) is 6.79. The number of rotatable bonds is 10. The molecule has 0 amide bonds. The summed E-state index contributed by atoms with van der Waals surface area (Å²) in [5, 5.41) is 15.0. The number of nitrogens with zero attached hydrogens (tertiary/aromatic N) is 4. The third-order valence-electron chi connectivity index (χ3n) is 7.53. The minimum absolute atomic E-state index is 0.0159. The van der Waals surface area contributed by atoms with Gasteiger partial charge < -0.3 is 19.1 Å². The normalized spacial score (nSPS) is 21.2. The van der Waals surface area contributed by atoms with Gasteiger partial charge in [-0.2, -0.15) is 5.26 Å². The van der Waals surface area contributed by atoms with Crippen molar-refractivity contribution in [2.24, 2.45) is 17.3 Å². The first-order chi connectivity index (χ1) is 15.5. The minimum atomic E-state index is -0.0159. The van der Waals surface area contributed by atoms with Crippen molar-refractivity contribution in [1.82, 2.24) is 15.0 Å². The molecule has 1 aromatic carbocycles. The van der Waals surface area contributed by atoms with Crippen molar-refractivity contribution in [2.75, 3.05) is 40.3 Å². The average molecular weight is 437 g/mol. The molecule has 2 aromatic rings. The van der Waals surface area contributed by atoms with Crippen LogP contribution in [0.3, 0.4) is 0 Å². The number of likely N-dealkylation sites (tertiary alicyclic amines) is 1. The number of benzene rings is 1. The molecule has 2 aliphatic carbocycles. The van der Waals surface area contributed by atoms with Crippen molar-refractivity contribution in [2.45, 2.75) is 57.9 Å². The van der Waals surface area contributed by atoms with Crippen LogP contribution < -0.4 is 4.74 Å². The summed E-state index contributed by atoms with van der Waals surface area (Å²) in [7, 11) is 4.16. The Morgan fingerprint density at radius 1 is 1.19 bits per heavy atom. The lowest BCUT2D eigenvalue weighted by Crippen LogP contribution is -2.37. The number of ether oxygens (including phenoxy) is 1. The molecule has 2 saturated carbocycles. The molecule has 2 heterocycles. The van der Waals surface area contributed by atoms with E-state index in [0.29, 0.717) is 0 Å². The summed E-state index contributed by atoms with van der Waals surface area (Å²) < 4.78 is 12.0. The van der Waals surface area contributed by atoms with E-state index in [-0.39, 0.29) is 5.41 Å². The molecule has 3 fully saturated rings. The standard InChI is InChI=1S/C26H36N4O2/c1-29(2)15-22-24(31-16-20-3-4-20)8-6-21-23(28-32-25(21)22)7-5-19-9-13-30(14-10-19)18-26(17-27)11-12-26/h6,8,19-20H,3-5,7,9-16,18H2,1-2H3. The Morgan fingerprint density at radius 3 is 2.62 bits per heavy atom. The van der Waals surface area contributed by atoms with Crippen molar-refractivity contribution < 1.29 is 9.26 Å². The lowest BCUT2D eigenvalue weighted by molar-refractivity contribution is 0.162. The summed E-state index contributed by atoms with van der Waals surface area (Å²) in [5.74, 6) is 2.40. The lowest BCUT2D eigenvalue weighted by Gasteiger charge is -2.33. The molecule has 0 unspecified atom stereocenters. The lowest BCUT2D eigenvalue weighted by atomic mass is 9.90. The zero-order valence-electron chi connectivity index (χ0n) is 19.6. The number of aryl methyl sites for hydroxylation is 1. The largest absolute Gasteiger partial charge is 0.493 e. The molecule has 3 aliphatic rings.